The fourth-order valence-corrected chi connectivity index (χ4v) is 2.92. The molecule has 0 bridgehead atoms. The monoisotopic (exact) mass is 364 g/mol. The predicted molar refractivity (Wildman–Crippen MR) is 92.5 cm³/mol. The number of nitro benzene ring substituents is 1. The molecule has 0 aliphatic carbocycles. The number of sulfone groups is 1. The fraction of sp³-hybridized carbons (Fsp3) is 0.200. The molecule has 0 spiro atoms. The van der Waals surface area contributed by atoms with Crippen molar-refractivity contribution in [2.24, 2.45) is 10.2 Å². The van der Waals surface area contributed by atoms with Gasteiger partial charge in [-0.1, -0.05) is 0 Å². The Morgan fingerprint density at radius 3 is 2.36 bits per heavy atom. The number of nitro groups is 1. The Labute approximate surface area is 144 Å². The summed E-state index contributed by atoms with van der Waals surface area (Å²) in [4.78, 5) is 9.88. The number of anilines is 1. The molecule has 2 rings (SSSR count). The summed E-state index contributed by atoms with van der Waals surface area (Å²) >= 11 is 0. The van der Waals surface area contributed by atoms with Crippen molar-refractivity contribution in [2.75, 3.05) is 19.1 Å². The summed E-state index contributed by atoms with van der Waals surface area (Å²) in [6.45, 7) is 1.80. The number of ether oxygens (including phenoxy) is 1. The SMILES string of the molecule is COc1cc(N)c(N=Nc2ccc([N+](=O)[O-])cc2S(C)(=O)=O)cc1C. The van der Waals surface area contributed by atoms with Gasteiger partial charge in [0.2, 0.25) is 0 Å². The average molecular weight is 364 g/mol. The van der Waals surface area contributed by atoms with Crippen LogP contribution >= 0.6 is 0 Å². The third kappa shape index (κ3) is 4.10. The summed E-state index contributed by atoms with van der Waals surface area (Å²) in [7, 11) is -2.22. The van der Waals surface area contributed by atoms with E-state index in [2.05, 4.69) is 10.2 Å². The van der Waals surface area contributed by atoms with Gasteiger partial charge in [-0.15, -0.1) is 10.2 Å². The zero-order chi connectivity index (χ0) is 18.8. The number of hydrogen-bond acceptors (Lipinski definition) is 8. The number of aryl methyl sites for hydroxylation is 1. The van der Waals surface area contributed by atoms with E-state index in [4.69, 9.17) is 10.5 Å². The van der Waals surface area contributed by atoms with Crippen molar-refractivity contribution >= 4 is 32.6 Å². The minimum Gasteiger partial charge on any atom is -0.496 e. The number of hydrogen-bond donors (Lipinski definition) is 1. The number of nitrogens with zero attached hydrogens (tertiary/aromatic N) is 3. The van der Waals surface area contributed by atoms with Crippen molar-refractivity contribution in [2.45, 2.75) is 11.8 Å². The zero-order valence-corrected chi connectivity index (χ0v) is 14.6. The Bertz CT molecular complexity index is 970. The molecule has 132 valence electrons. The van der Waals surface area contributed by atoms with Crippen LogP contribution in [-0.2, 0) is 9.84 Å². The highest BCUT2D eigenvalue weighted by Gasteiger charge is 2.18. The summed E-state index contributed by atoms with van der Waals surface area (Å²) in [5.74, 6) is 0.587. The Kier molecular flexibility index (Phi) is 5.02. The molecule has 0 saturated heterocycles. The van der Waals surface area contributed by atoms with E-state index in [0.29, 0.717) is 17.1 Å². The number of methoxy groups -OCH3 is 1. The maximum atomic E-state index is 11.9. The molecule has 0 amide bonds. The molecule has 0 radical (unpaired) electrons. The van der Waals surface area contributed by atoms with Crippen molar-refractivity contribution in [3.63, 3.8) is 0 Å². The molecular weight excluding hydrogens is 348 g/mol. The second-order valence-electron chi connectivity index (χ2n) is 5.26. The van der Waals surface area contributed by atoms with Crippen LogP contribution in [0.5, 0.6) is 5.75 Å². The second kappa shape index (κ2) is 6.85. The Balaban J connectivity index is 2.52. The minimum atomic E-state index is -3.73. The van der Waals surface area contributed by atoms with E-state index in [1.165, 1.54) is 13.2 Å². The van der Waals surface area contributed by atoms with Gasteiger partial charge in [-0.2, -0.15) is 0 Å². The normalized spacial score (nSPS) is 11.6. The lowest BCUT2D eigenvalue weighted by Crippen LogP contribution is -1.99. The third-order valence-corrected chi connectivity index (χ3v) is 4.49. The van der Waals surface area contributed by atoms with Gasteiger partial charge in [0, 0.05) is 24.5 Å². The lowest BCUT2D eigenvalue weighted by molar-refractivity contribution is -0.385. The smallest absolute Gasteiger partial charge is 0.270 e. The number of nitrogens with two attached hydrogens (primary N) is 1. The third-order valence-electron chi connectivity index (χ3n) is 3.36. The van der Waals surface area contributed by atoms with Gasteiger partial charge in [0.05, 0.1) is 17.7 Å². The molecule has 0 aliphatic rings. The highest BCUT2D eigenvalue weighted by molar-refractivity contribution is 7.90. The molecule has 9 nitrogen and oxygen atoms in total. The van der Waals surface area contributed by atoms with E-state index < -0.39 is 14.8 Å². The average Bonchev–Trinajstić information content (AvgIpc) is 2.54. The van der Waals surface area contributed by atoms with E-state index >= 15 is 0 Å². The Morgan fingerprint density at radius 1 is 1.16 bits per heavy atom. The maximum Gasteiger partial charge on any atom is 0.270 e. The molecule has 0 fully saturated rings. The Hall–Kier alpha value is -3.01. The van der Waals surface area contributed by atoms with Crippen LogP contribution in [-0.4, -0.2) is 26.7 Å². The molecule has 0 aliphatic heterocycles. The number of non-ortho nitro benzene ring substituents is 1. The van der Waals surface area contributed by atoms with Crippen LogP contribution in [0.15, 0.2) is 45.5 Å². The van der Waals surface area contributed by atoms with E-state index in [-0.39, 0.29) is 16.3 Å². The lowest BCUT2D eigenvalue weighted by Gasteiger charge is -2.07. The molecule has 0 unspecified atom stereocenters. The number of azo groups is 1. The molecule has 25 heavy (non-hydrogen) atoms. The zero-order valence-electron chi connectivity index (χ0n) is 13.8. The van der Waals surface area contributed by atoms with Crippen molar-refractivity contribution in [3.05, 3.63) is 46.0 Å². The standard InChI is InChI=1S/C15H16N4O5S/c1-9-6-13(11(16)8-14(9)24-2)18-17-12-5-4-10(19(20)21)7-15(12)25(3,22)23/h4-8H,16H2,1-3H3. The van der Waals surface area contributed by atoms with E-state index in [1.807, 2.05) is 0 Å². The van der Waals surface area contributed by atoms with Gasteiger partial charge in [0.1, 0.15) is 22.0 Å². The van der Waals surface area contributed by atoms with Crippen molar-refractivity contribution < 1.29 is 18.1 Å². The predicted octanol–water partition coefficient (Wildman–Crippen LogP) is 3.31. The molecule has 10 heteroatoms. The lowest BCUT2D eigenvalue weighted by atomic mass is 10.2. The van der Waals surface area contributed by atoms with Gasteiger partial charge in [-0.3, -0.25) is 10.1 Å². The molecule has 0 saturated carbocycles. The van der Waals surface area contributed by atoms with Gasteiger partial charge in [-0.25, -0.2) is 8.42 Å². The van der Waals surface area contributed by atoms with Crippen LogP contribution in [0.2, 0.25) is 0 Å². The van der Waals surface area contributed by atoms with Gasteiger partial charge >= 0.3 is 0 Å². The van der Waals surface area contributed by atoms with Crippen LogP contribution in [0, 0.1) is 17.0 Å². The molecule has 2 N–H and O–H groups in total. The van der Waals surface area contributed by atoms with E-state index in [9.17, 15) is 18.5 Å². The van der Waals surface area contributed by atoms with Gasteiger partial charge < -0.3 is 10.5 Å². The van der Waals surface area contributed by atoms with Gasteiger partial charge in [0.25, 0.3) is 5.69 Å². The molecule has 0 heterocycles. The van der Waals surface area contributed by atoms with Crippen molar-refractivity contribution in [1.29, 1.82) is 0 Å². The summed E-state index contributed by atoms with van der Waals surface area (Å²) in [5, 5.41) is 18.7. The highest BCUT2D eigenvalue weighted by atomic mass is 32.2. The van der Waals surface area contributed by atoms with Gasteiger partial charge in [0.15, 0.2) is 9.84 Å². The largest absolute Gasteiger partial charge is 0.496 e. The second-order valence-corrected chi connectivity index (χ2v) is 7.25. The fourth-order valence-electron chi connectivity index (χ4n) is 2.10. The van der Waals surface area contributed by atoms with Crippen LogP contribution < -0.4 is 10.5 Å². The first-order valence-electron chi connectivity index (χ1n) is 6.98. The van der Waals surface area contributed by atoms with Crippen LogP contribution in [0.1, 0.15) is 5.56 Å². The van der Waals surface area contributed by atoms with E-state index in [0.717, 1.165) is 24.0 Å². The summed E-state index contributed by atoms with van der Waals surface area (Å²) in [6, 6.07) is 6.56. The van der Waals surface area contributed by atoms with Crippen molar-refractivity contribution in [3.8, 4) is 5.75 Å². The Morgan fingerprint density at radius 2 is 1.80 bits per heavy atom. The van der Waals surface area contributed by atoms with Gasteiger partial charge in [-0.05, 0) is 24.6 Å². The first-order chi connectivity index (χ1) is 11.6. The molecule has 0 atom stereocenters. The topological polar surface area (TPSA) is 137 Å². The molecule has 0 aromatic heterocycles. The summed E-state index contributed by atoms with van der Waals surface area (Å²) in [6.07, 6.45) is 0.941. The maximum absolute atomic E-state index is 11.9. The summed E-state index contributed by atoms with van der Waals surface area (Å²) in [5.41, 5.74) is 6.92. The first-order valence-corrected chi connectivity index (χ1v) is 8.87. The van der Waals surface area contributed by atoms with Crippen LogP contribution in [0.25, 0.3) is 0 Å². The molecular formula is C15H16N4O5S. The minimum absolute atomic E-state index is 0.0130. The highest BCUT2D eigenvalue weighted by Crippen LogP contribution is 2.34. The van der Waals surface area contributed by atoms with E-state index in [1.54, 1.807) is 19.1 Å². The quantitative estimate of drug-likeness (QED) is 0.374. The number of rotatable bonds is 5. The number of benzene rings is 2. The molecule has 2 aromatic carbocycles. The van der Waals surface area contributed by atoms with Crippen molar-refractivity contribution in [1.82, 2.24) is 0 Å². The summed E-state index contributed by atoms with van der Waals surface area (Å²) < 4.78 is 28.9. The first kappa shape index (κ1) is 18.3. The van der Waals surface area contributed by atoms with Crippen LogP contribution in [0.4, 0.5) is 22.7 Å². The van der Waals surface area contributed by atoms with Crippen LogP contribution in [0.3, 0.4) is 0 Å². The number of nitrogen functional groups attached to an aromatic ring is 1. The molecule has 2 aromatic rings.